The van der Waals surface area contributed by atoms with Crippen molar-refractivity contribution < 1.29 is 14.0 Å². The van der Waals surface area contributed by atoms with Gasteiger partial charge in [-0.25, -0.2) is 0 Å². The Bertz CT molecular complexity index is 946. The minimum absolute atomic E-state index is 0.173. The zero-order valence-corrected chi connectivity index (χ0v) is 17.0. The van der Waals surface area contributed by atoms with Gasteiger partial charge >= 0.3 is 0 Å². The molecule has 2 aromatic heterocycles. The van der Waals surface area contributed by atoms with Gasteiger partial charge in [-0.3, -0.25) is 14.5 Å². The van der Waals surface area contributed by atoms with Gasteiger partial charge < -0.3 is 9.73 Å². The van der Waals surface area contributed by atoms with Crippen LogP contribution in [0.1, 0.15) is 48.6 Å². The number of nitrogens with one attached hydrogen (secondary N) is 1. The maximum Gasteiger partial charge on any atom is 0.280 e. The molecule has 0 radical (unpaired) electrons. The van der Waals surface area contributed by atoms with Crippen LogP contribution in [0.2, 0.25) is 0 Å². The first kappa shape index (κ1) is 19.8. The third-order valence-electron chi connectivity index (χ3n) is 3.90. The monoisotopic (exact) mass is 398 g/mol. The van der Waals surface area contributed by atoms with Gasteiger partial charge in [0, 0.05) is 16.6 Å². The molecule has 0 bridgehead atoms. The molecule has 28 heavy (non-hydrogen) atoms. The molecular weight excluding hydrogens is 376 g/mol. The number of nitrogens with zero attached hydrogens (tertiary/aromatic N) is 3. The molecule has 0 aliphatic heterocycles. The molecular formula is C20H22N4O3S. The molecule has 7 nitrogen and oxygen atoms in total. The third kappa shape index (κ3) is 4.45. The molecule has 1 atom stereocenters. The maximum absolute atomic E-state index is 13.3. The Morgan fingerprint density at radius 3 is 2.57 bits per heavy atom. The Morgan fingerprint density at radius 1 is 1.21 bits per heavy atom. The number of hydrogen-bond donors (Lipinski definition) is 1. The van der Waals surface area contributed by atoms with E-state index in [2.05, 4.69) is 14.9 Å². The Kier molecular flexibility index (Phi) is 5.60. The van der Waals surface area contributed by atoms with Gasteiger partial charge in [-0.15, -0.1) is 5.10 Å². The molecule has 146 valence electrons. The van der Waals surface area contributed by atoms with E-state index in [1.165, 1.54) is 11.2 Å². The van der Waals surface area contributed by atoms with E-state index in [0.29, 0.717) is 11.4 Å². The molecule has 1 aromatic carbocycles. The predicted octanol–water partition coefficient (Wildman–Crippen LogP) is 3.74. The third-order valence-corrected chi connectivity index (χ3v) is 4.40. The number of hydrogen-bond acceptors (Lipinski definition) is 6. The number of carbonyl (C=O) groups excluding carboxylic acids is 2. The molecule has 2 heterocycles. The van der Waals surface area contributed by atoms with Crippen LogP contribution in [0, 0.1) is 6.92 Å². The van der Waals surface area contributed by atoms with Gasteiger partial charge in [-0.05, 0) is 69.1 Å². The normalized spacial score (nSPS) is 12.4. The predicted molar refractivity (Wildman–Crippen MR) is 107 cm³/mol. The van der Waals surface area contributed by atoms with E-state index in [0.717, 1.165) is 17.1 Å². The van der Waals surface area contributed by atoms with Crippen molar-refractivity contribution in [1.82, 2.24) is 14.9 Å². The van der Waals surface area contributed by atoms with Crippen molar-refractivity contribution in [2.75, 3.05) is 4.90 Å². The fourth-order valence-corrected chi connectivity index (χ4v) is 3.23. The second-order valence-corrected chi connectivity index (χ2v) is 8.07. The van der Waals surface area contributed by atoms with Crippen molar-refractivity contribution >= 4 is 29.0 Å². The summed E-state index contributed by atoms with van der Waals surface area (Å²) >= 11 is 1.08. The molecule has 3 aromatic rings. The minimum Gasteiger partial charge on any atom is -0.467 e. The number of rotatable bonds is 5. The second kappa shape index (κ2) is 7.93. The number of benzene rings is 1. The van der Waals surface area contributed by atoms with E-state index >= 15 is 0 Å². The Labute approximate surface area is 167 Å². The Morgan fingerprint density at radius 2 is 2.00 bits per heavy atom. The lowest BCUT2D eigenvalue weighted by molar-refractivity contribution is -0.124. The summed E-state index contributed by atoms with van der Waals surface area (Å²) < 4.78 is 9.33. The number of furan rings is 1. The number of aryl methyl sites for hydroxylation is 1. The molecule has 0 unspecified atom stereocenters. The van der Waals surface area contributed by atoms with Crippen LogP contribution < -0.4 is 10.2 Å². The largest absolute Gasteiger partial charge is 0.467 e. The molecule has 0 saturated heterocycles. The van der Waals surface area contributed by atoms with E-state index in [9.17, 15) is 9.59 Å². The molecule has 8 heteroatoms. The van der Waals surface area contributed by atoms with Crippen molar-refractivity contribution in [3.8, 4) is 0 Å². The highest BCUT2D eigenvalue weighted by atomic mass is 32.1. The topological polar surface area (TPSA) is 88.3 Å². The van der Waals surface area contributed by atoms with Crippen LogP contribution >= 0.6 is 11.5 Å². The van der Waals surface area contributed by atoms with Crippen molar-refractivity contribution in [1.29, 1.82) is 0 Å². The first-order chi connectivity index (χ1) is 13.3. The van der Waals surface area contributed by atoms with Crippen LogP contribution in [0.4, 0.5) is 5.69 Å². The standard InChI is InChI=1S/C20H22N4O3S/c1-13-7-5-8-14(11-13)24(19(26)15-12-28-23-22-15)17(16-9-6-10-27-16)18(25)21-20(2,3)4/h5-12,17H,1-4H3,(H,21,25)/t17-/m0/s1. The van der Waals surface area contributed by atoms with Crippen LogP contribution in [0.3, 0.4) is 0 Å². The highest BCUT2D eigenvalue weighted by Crippen LogP contribution is 2.31. The lowest BCUT2D eigenvalue weighted by Gasteiger charge is -2.32. The summed E-state index contributed by atoms with van der Waals surface area (Å²) in [5.74, 6) is -0.412. The quantitative estimate of drug-likeness (QED) is 0.707. The average Bonchev–Trinajstić information content (AvgIpc) is 3.30. The first-order valence-corrected chi connectivity index (χ1v) is 9.62. The Hall–Kier alpha value is -3.00. The summed E-state index contributed by atoms with van der Waals surface area (Å²) in [6.07, 6.45) is 1.48. The summed E-state index contributed by atoms with van der Waals surface area (Å²) in [4.78, 5) is 28.0. The van der Waals surface area contributed by atoms with Crippen molar-refractivity contribution in [3.05, 3.63) is 65.1 Å². The van der Waals surface area contributed by atoms with Gasteiger partial charge in [0.25, 0.3) is 11.8 Å². The van der Waals surface area contributed by atoms with Crippen molar-refractivity contribution in [2.45, 2.75) is 39.3 Å². The summed E-state index contributed by atoms with van der Waals surface area (Å²) in [5.41, 5.74) is 1.22. The number of aromatic nitrogens is 2. The number of anilines is 1. The number of carbonyl (C=O) groups is 2. The zero-order chi connectivity index (χ0) is 20.3. The smallest absolute Gasteiger partial charge is 0.280 e. The van der Waals surface area contributed by atoms with Crippen LogP contribution in [-0.4, -0.2) is 26.9 Å². The summed E-state index contributed by atoms with van der Waals surface area (Å²) in [7, 11) is 0. The average molecular weight is 398 g/mol. The molecule has 0 aliphatic rings. The lowest BCUT2D eigenvalue weighted by Crippen LogP contribution is -2.49. The van der Waals surface area contributed by atoms with Crippen LogP contribution in [0.25, 0.3) is 0 Å². The van der Waals surface area contributed by atoms with Gasteiger partial charge in [0.15, 0.2) is 11.7 Å². The molecule has 1 N–H and O–H groups in total. The zero-order valence-electron chi connectivity index (χ0n) is 16.2. The van der Waals surface area contributed by atoms with Gasteiger partial charge in [-0.1, -0.05) is 16.6 Å². The molecule has 0 aliphatic carbocycles. The highest BCUT2D eigenvalue weighted by molar-refractivity contribution is 7.03. The molecule has 0 spiro atoms. The minimum atomic E-state index is -0.995. The highest BCUT2D eigenvalue weighted by Gasteiger charge is 2.37. The number of amides is 2. The van der Waals surface area contributed by atoms with Crippen LogP contribution in [0.5, 0.6) is 0 Å². The van der Waals surface area contributed by atoms with Crippen molar-refractivity contribution in [3.63, 3.8) is 0 Å². The fraction of sp³-hybridized carbons (Fsp3) is 0.300. The summed E-state index contributed by atoms with van der Waals surface area (Å²) in [5, 5.41) is 8.41. The Balaban J connectivity index is 2.13. The van der Waals surface area contributed by atoms with E-state index in [1.54, 1.807) is 23.6 Å². The van der Waals surface area contributed by atoms with Gasteiger partial charge in [0.1, 0.15) is 5.76 Å². The summed E-state index contributed by atoms with van der Waals surface area (Å²) in [6.45, 7) is 7.57. The van der Waals surface area contributed by atoms with E-state index in [4.69, 9.17) is 4.42 Å². The van der Waals surface area contributed by atoms with Gasteiger partial charge in [-0.2, -0.15) is 0 Å². The van der Waals surface area contributed by atoms with Crippen LogP contribution in [0.15, 0.2) is 52.5 Å². The first-order valence-electron chi connectivity index (χ1n) is 8.79. The lowest BCUT2D eigenvalue weighted by atomic mass is 10.0. The van der Waals surface area contributed by atoms with Gasteiger partial charge in [0.2, 0.25) is 0 Å². The molecule has 0 saturated carbocycles. The fourth-order valence-electron chi connectivity index (χ4n) is 2.80. The SMILES string of the molecule is Cc1cccc(N(C(=O)c2csnn2)[C@H](C(=O)NC(C)(C)C)c2ccco2)c1. The van der Waals surface area contributed by atoms with Crippen molar-refractivity contribution in [2.24, 2.45) is 0 Å². The van der Waals surface area contributed by atoms with Crippen LogP contribution in [-0.2, 0) is 4.79 Å². The van der Waals surface area contributed by atoms with E-state index in [1.807, 2.05) is 45.9 Å². The molecule has 0 fully saturated rings. The van der Waals surface area contributed by atoms with E-state index < -0.39 is 17.5 Å². The molecule has 3 rings (SSSR count). The van der Waals surface area contributed by atoms with E-state index in [-0.39, 0.29) is 11.6 Å². The summed E-state index contributed by atoms with van der Waals surface area (Å²) in [6, 6.07) is 9.77. The second-order valence-electron chi connectivity index (χ2n) is 7.46. The maximum atomic E-state index is 13.3. The molecule has 2 amide bonds. The van der Waals surface area contributed by atoms with Gasteiger partial charge in [0.05, 0.1) is 6.26 Å².